The van der Waals surface area contributed by atoms with Crippen molar-refractivity contribution in [2.45, 2.75) is 39.0 Å². The molecule has 0 bridgehead atoms. The van der Waals surface area contributed by atoms with Gasteiger partial charge in [-0.15, -0.1) is 24.0 Å². The highest BCUT2D eigenvalue weighted by Gasteiger charge is 2.30. The molecule has 30 heavy (non-hydrogen) atoms. The van der Waals surface area contributed by atoms with E-state index in [0.29, 0.717) is 45.9 Å². The summed E-state index contributed by atoms with van der Waals surface area (Å²) < 4.78 is 34.7. The Hall–Kier alpha value is -1.69. The van der Waals surface area contributed by atoms with Crippen LogP contribution in [0.2, 0.25) is 0 Å². The minimum Gasteiger partial charge on any atom is -0.435 e. The number of guanidine groups is 1. The Morgan fingerprint density at radius 2 is 2.03 bits per heavy atom. The van der Waals surface area contributed by atoms with Gasteiger partial charge in [0, 0.05) is 39.3 Å². The van der Waals surface area contributed by atoms with Crippen LogP contribution in [0, 0.1) is 0 Å². The average Bonchev–Trinajstić information content (AvgIpc) is 3.25. The van der Waals surface area contributed by atoms with Gasteiger partial charge in [-0.2, -0.15) is 8.78 Å². The molecule has 1 aromatic carbocycles. The van der Waals surface area contributed by atoms with Crippen molar-refractivity contribution >= 4 is 35.8 Å². The predicted octanol–water partition coefficient (Wildman–Crippen LogP) is 2.69. The van der Waals surface area contributed by atoms with Crippen molar-refractivity contribution in [3.63, 3.8) is 0 Å². The Bertz CT molecular complexity index is 709. The molecule has 1 atom stereocenters. The van der Waals surface area contributed by atoms with Crippen LogP contribution in [0.1, 0.15) is 25.3 Å². The van der Waals surface area contributed by atoms with E-state index in [1.165, 1.54) is 6.07 Å². The minimum absolute atomic E-state index is 0. The topological polar surface area (TPSA) is 66.4 Å². The van der Waals surface area contributed by atoms with Crippen molar-refractivity contribution in [3.8, 4) is 5.75 Å². The van der Waals surface area contributed by atoms with Gasteiger partial charge in [-0.05, 0) is 37.5 Å². The standard InChI is InChI=1S/C20H28F2N4O3.HI/c1-2-23-20(24-14-15-5-3-6-16(13-15)29-19(21)22)26-10-8-25(9-11-26)18(27)17-7-4-12-28-17;/h3,5-6,13,17,19H,2,4,7-12,14H2,1H3,(H,23,24);1H. The monoisotopic (exact) mass is 538 g/mol. The second-order valence-corrected chi connectivity index (χ2v) is 7.01. The fraction of sp³-hybridized carbons (Fsp3) is 0.600. The maximum Gasteiger partial charge on any atom is 0.387 e. The molecule has 0 saturated carbocycles. The summed E-state index contributed by atoms with van der Waals surface area (Å²) in [4.78, 5) is 21.1. The van der Waals surface area contributed by atoms with Gasteiger partial charge in [0.15, 0.2) is 5.96 Å². The summed E-state index contributed by atoms with van der Waals surface area (Å²) >= 11 is 0. The van der Waals surface area contributed by atoms with Crippen molar-refractivity contribution in [3.05, 3.63) is 29.8 Å². The quantitative estimate of drug-likeness (QED) is 0.343. The van der Waals surface area contributed by atoms with Gasteiger partial charge in [0.1, 0.15) is 11.9 Å². The molecule has 1 aromatic rings. The van der Waals surface area contributed by atoms with Crippen LogP contribution in [0.15, 0.2) is 29.3 Å². The zero-order valence-corrected chi connectivity index (χ0v) is 19.4. The number of ether oxygens (including phenoxy) is 2. The zero-order chi connectivity index (χ0) is 20.6. The molecule has 2 heterocycles. The molecule has 2 fully saturated rings. The number of carbonyl (C=O) groups is 1. The van der Waals surface area contributed by atoms with Gasteiger partial charge in [0.2, 0.25) is 0 Å². The molecular formula is C20H29F2IN4O3. The first kappa shape index (κ1) is 24.6. The third kappa shape index (κ3) is 6.93. The smallest absolute Gasteiger partial charge is 0.387 e. The van der Waals surface area contributed by atoms with Crippen LogP contribution in [0.4, 0.5) is 8.78 Å². The van der Waals surface area contributed by atoms with Crippen molar-refractivity contribution in [2.24, 2.45) is 4.99 Å². The number of hydrogen-bond acceptors (Lipinski definition) is 4. The lowest BCUT2D eigenvalue weighted by Gasteiger charge is -2.37. The molecule has 10 heteroatoms. The molecule has 3 rings (SSSR count). The number of alkyl halides is 2. The van der Waals surface area contributed by atoms with Crippen LogP contribution in [-0.4, -0.2) is 73.7 Å². The van der Waals surface area contributed by atoms with Crippen LogP contribution >= 0.6 is 24.0 Å². The molecule has 7 nitrogen and oxygen atoms in total. The summed E-state index contributed by atoms with van der Waals surface area (Å²) in [5.41, 5.74) is 0.783. The van der Waals surface area contributed by atoms with E-state index in [9.17, 15) is 13.6 Å². The zero-order valence-electron chi connectivity index (χ0n) is 17.1. The second-order valence-electron chi connectivity index (χ2n) is 7.01. The minimum atomic E-state index is -2.85. The molecular weight excluding hydrogens is 509 g/mol. The van der Waals surface area contributed by atoms with Crippen LogP contribution in [0.3, 0.4) is 0 Å². The number of hydrogen-bond donors (Lipinski definition) is 1. The molecule has 0 spiro atoms. The van der Waals surface area contributed by atoms with Crippen molar-refractivity contribution in [1.82, 2.24) is 15.1 Å². The summed E-state index contributed by atoms with van der Waals surface area (Å²) in [6.45, 7) is 3.47. The van der Waals surface area contributed by atoms with Crippen LogP contribution in [0.5, 0.6) is 5.75 Å². The Balaban J connectivity index is 0.00000320. The number of amides is 1. The summed E-state index contributed by atoms with van der Waals surface area (Å²) in [7, 11) is 0. The molecule has 2 saturated heterocycles. The van der Waals surface area contributed by atoms with Crippen LogP contribution < -0.4 is 10.1 Å². The molecule has 168 valence electrons. The Morgan fingerprint density at radius 3 is 2.67 bits per heavy atom. The normalized spacial score (nSPS) is 19.6. The Kier molecular flexibility index (Phi) is 10.0. The van der Waals surface area contributed by atoms with Gasteiger partial charge >= 0.3 is 6.61 Å². The highest BCUT2D eigenvalue weighted by Crippen LogP contribution is 2.18. The maximum absolute atomic E-state index is 12.5. The number of piperazine rings is 1. The Labute approximate surface area is 192 Å². The number of nitrogens with zero attached hydrogens (tertiary/aromatic N) is 3. The average molecular weight is 538 g/mol. The largest absolute Gasteiger partial charge is 0.435 e. The van der Waals surface area contributed by atoms with Gasteiger partial charge < -0.3 is 24.6 Å². The number of aliphatic imine (C=N–C) groups is 1. The molecule has 2 aliphatic rings. The molecule has 1 unspecified atom stereocenters. The predicted molar refractivity (Wildman–Crippen MR) is 120 cm³/mol. The van der Waals surface area contributed by atoms with Crippen LogP contribution in [0.25, 0.3) is 0 Å². The lowest BCUT2D eigenvalue weighted by molar-refractivity contribution is -0.142. The first-order chi connectivity index (χ1) is 14.1. The van der Waals surface area contributed by atoms with E-state index in [2.05, 4.69) is 19.9 Å². The number of benzene rings is 1. The fourth-order valence-electron chi connectivity index (χ4n) is 3.53. The number of nitrogens with one attached hydrogen (secondary N) is 1. The summed E-state index contributed by atoms with van der Waals surface area (Å²) in [5, 5.41) is 3.27. The summed E-state index contributed by atoms with van der Waals surface area (Å²) in [6, 6.07) is 6.56. The summed E-state index contributed by atoms with van der Waals surface area (Å²) in [5.74, 6) is 0.954. The van der Waals surface area contributed by atoms with E-state index in [4.69, 9.17) is 4.74 Å². The number of halogens is 3. The second kappa shape index (κ2) is 12.2. The molecule has 0 radical (unpaired) electrons. The number of carbonyl (C=O) groups excluding carboxylic acids is 1. The number of rotatable bonds is 6. The van der Waals surface area contributed by atoms with E-state index in [1.54, 1.807) is 12.1 Å². The maximum atomic E-state index is 12.5. The molecule has 2 aliphatic heterocycles. The highest BCUT2D eigenvalue weighted by atomic mass is 127. The van der Waals surface area contributed by atoms with E-state index in [0.717, 1.165) is 24.4 Å². The van der Waals surface area contributed by atoms with Gasteiger partial charge in [0.25, 0.3) is 5.91 Å². The van der Waals surface area contributed by atoms with Gasteiger partial charge in [-0.3, -0.25) is 4.79 Å². The van der Waals surface area contributed by atoms with Crippen molar-refractivity contribution < 1.29 is 23.0 Å². The fourth-order valence-corrected chi connectivity index (χ4v) is 3.53. The third-order valence-corrected chi connectivity index (χ3v) is 4.97. The van der Waals surface area contributed by atoms with Gasteiger partial charge in [-0.25, -0.2) is 4.99 Å². The molecule has 1 amide bonds. The van der Waals surface area contributed by atoms with Crippen molar-refractivity contribution in [1.29, 1.82) is 0 Å². The molecule has 0 aromatic heterocycles. The highest BCUT2D eigenvalue weighted by molar-refractivity contribution is 14.0. The lowest BCUT2D eigenvalue weighted by Crippen LogP contribution is -2.55. The third-order valence-electron chi connectivity index (χ3n) is 4.97. The van der Waals surface area contributed by atoms with E-state index in [-0.39, 0.29) is 41.7 Å². The van der Waals surface area contributed by atoms with E-state index >= 15 is 0 Å². The van der Waals surface area contributed by atoms with Crippen molar-refractivity contribution in [2.75, 3.05) is 39.3 Å². The lowest BCUT2D eigenvalue weighted by atomic mass is 10.2. The summed E-state index contributed by atoms with van der Waals surface area (Å²) in [6.07, 6.45) is 1.46. The first-order valence-electron chi connectivity index (χ1n) is 10.0. The van der Waals surface area contributed by atoms with Crippen LogP contribution in [-0.2, 0) is 16.1 Å². The van der Waals surface area contributed by atoms with Gasteiger partial charge in [0.05, 0.1) is 6.54 Å². The van der Waals surface area contributed by atoms with E-state index < -0.39 is 6.61 Å². The first-order valence-corrected chi connectivity index (χ1v) is 10.0. The molecule has 0 aliphatic carbocycles. The van der Waals surface area contributed by atoms with E-state index in [1.807, 2.05) is 17.9 Å². The SMILES string of the molecule is CCNC(=NCc1cccc(OC(F)F)c1)N1CCN(C(=O)C2CCCO2)CC1.I. The molecule has 1 N–H and O–H groups in total. The Morgan fingerprint density at radius 1 is 1.30 bits per heavy atom. The van der Waals surface area contributed by atoms with Gasteiger partial charge in [-0.1, -0.05) is 12.1 Å².